The maximum atomic E-state index is 11.8. The molecule has 1 atom stereocenters. The molecule has 6 heteroatoms. The van der Waals surface area contributed by atoms with Crippen molar-refractivity contribution in [2.75, 3.05) is 5.32 Å². The van der Waals surface area contributed by atoms with Crippen molar-refractivity contribution in [2.24, 2.45) is 0 Å². The molecule has 0 aliphatic heterocycles. The molecule has 3 N–H and O–H groups in total. The lowest BCUT2D eigenvalue weighted by Crippen LogP contribution is -2.42. The van der Waals surface area contributed by atoms with Gasteiger partial charge < -0.3 is 15.7 Å². The maximum Gasteiger partial charge on any atom is 0.326 e. The number of fused-ring (bicyclic) bond motifs is 1. The van der Waals surface area contributed by atoms with E-state index in [2.05, 4.69) is 15.6 Å². The third-order valence-corrected chi connectivity index (χ3v) is 2.89. The minimum Gasteiger partial charge on any atom is -0.480 e. The molecular formula is C14H15N3O3. The molecule has 1 aromatic heterocycles. The molecule has 1 aromatic carbocycles. The van der Waals surface area contributed by atoms with Gasteiger partial charge in [0.05, 0.1) is 11.2 Å². The van der Waals surface area contributed by atoms with Gasteiger partial charge in [-0.05, 0) is 18.6 Å². The summed E-state index contributed by atoms with van der Waals surface area (Å²) in [6.45, 7) is 1.69. The van der Waals surface area contributed by atoms with E-state index in [1.165, 1.54) is 0 Å². The molecule has 2 rings (SSSR count). The Morgan fingerprint density at radius 1 is 1.30 bits per heavy atom. The fourth-order valence-corrected chi connectivity index (χ4v) is 1.86. The van der Waals surface area contributed by atoms with E-state index in [9.17, 15) is 9.59 Å². The Bertz CT molecular complexity index is 637. The first-order valence-corrected chi connectivity index (χ1v) is 6.26. The number of aromatic nitrogens is 1. The van der Waals surface area contributed by atoms with Gasteiger partial charge in [-0.15, -0.1) is 0 Å². The van der Waals surface area contributed by atoms with Crippen LogP contribution in [-0.4, -0.2) is 28.1 Å². The molecule has 1 heterocycles. The number of urea groups is 1. The van der Waals surface area contributed by atoms with Crippen molar-refractivity contribution in [3.8, 4) is 0 Å². The third-order valence-electron chi connectivity index (χ3n) is 2.89. The van der Waals surface area contributed by atoms with Gasteiger partial charge in [0.25, 0.3) is 0 Å². The summed E-state index contributed by atoms with van der Waals surface area (Å²) < 4.78 is 0. The normalized spacial score (nSPS) is 11.8. The monoisotopic (exact) mass is 273 g/mol. The lowest BCUT2D eigenvalue weighted by Gasteiger charge is -2.13. The van der Waals surface area contributed by atoms with Crippen LogP contribution in [-0.2, 0) is 4.79 Å². The summed E-state index contributed by atoms with van der Waals surface area (Å²) in [5, 5.41) is 14.8. The molecule has 2 amide bonds. The number of nitrogens with one attached hydrogen (secondary N) is 2. The van der Waals surface area contributed by atoms with Crippen LogP contribution in [0, 0.1) is 0 Å². The van der Waals surface area contributed by atoms with E-state index in [4.69, 9.17) is 5.11 Å². The quantitative estimate of drug-likeness (QED) is 0.796. The largest absolute Gasteiger partial charge is 0.480 e. The Balaban J connectivity index is 2.16. The number of nitrogens with zero attached hydrogens (tertiary/aromatic N) is 1. The van der Waals surface area contributed by atoms with Gasteiger partial charge in [-0.3, -0.25) is 4.98 Å². The smallest absolute Gasteiger partial charge is 0.326 e. The second-order valence-corrected chi connectivity index (χ2v) is 4.28. The van der Waals surface area contributed by atoms with Gasteiger partial charge in [0, 0.05) is 11.6 Å². The van der Waals surface area contributed by atoms with E-state index >= 15 is 0 Å². The Morgan fingerprint density at radius 3 is 2.75 bits per heavy atom. The van der Waals surface area contributed by atoms with Crippen molar-refractivity contribution < 1.29 is 14.7 Å². The SMILES string of the molecule is CC[C@@H](NC(=O)Nc1cccc2cccnc12)C(=O)O. The minimum atomic E-state index is -1.06. The molecule has 2 aromatic rings. The van der Waals surface area contributed by atoms with Crippen molar-refractivity contribution in [3.05, 3.63) is 36.5 Å². The van der Waals surface area contributed by atoms with E-state index in [0.29, 0.717) is 17.6 Å². The fraction of sp³-hybridized carbons (Fsp3) is 0.214. The maximum absolute atomic E-state index is 11.8. The van der Waals surface area contributed by atoms with Crippen LogP contribution in [0.3, 0.4) is 0 Å². The average Bonchev–Trinajstić information content (AvgIpc) is 2.45. The average molecular weight is 273 g/mol. The highest BCUT2D eigenvalue weighted by molar-refractivity contribution is 6.00. The van der Waals surface area contributed by atoms with Gasteiger partial charge in [-0.25, -0.2) is 9.59 Å². The molecule has 6 nitrogen and oxygen atoms in total. The molecule has 0 saturated heterocycles. The van der Waals surface area contributed by atoms with Crippen molar-refractivity contribution in [2.45, 2.75) is 19.4 Å². The first-order chi connectivity index (χ1) is 9.61. The Morgan fingerprint density at radius 2 is 2.05 bits per heavy atom. The molecular weight excluding hydrogens is 258 g/mol. The van der Waals surface area contributed by atoms with Crippen LogP contribution >= 0.6 is 0 Å². The zero-order chi connectivity index (χ0) is 14.5. The fourth-order valence-electron chi connectivity index (χ4n) is 1.86. The van der Waals surface area contributed by atoms with E-state index < -0.39 is 18.0 Å². The molecule has 0 unspecified atom stereocenters. The number of carboxylic acid groups (broad SMARTS) is 1. The topological polar surface area (TPSA) is 91.3 Å². The van der Waals surface area contributed by atoms with Crippen LogP contribution in [0.15, 0.2) is 36.5 Å². The second-order valence-electron chi connectivity index (χ2n) is 4.28. The summed E-state index contributed by atoms with van der Waals surface area (Å²) in [6, 6.07) is 7.64. The second kappa shape index (κ2) is 6.01. The van der Waals surface area contributed by atoms with Gasteiger partial charge in [-0.2, -0.15) is 0 Å². The number of hydrogen-bond donors (Lipinski definition) is 3. The van der Waals surface area contributed by atoms with Gasteiger partial charge in [0.1, 0.15) is 6.04 Å². The first kappa shape index (κ1) is 13.8. The highest BCUT2D eigenvalue weighted by Crippen LogP contribution is 2.20. The molecule has 0 radical (unpaired) electrons. The molecule has 0 saturated carbocycles. The van der Waals surface area contributed by atoms with Crippen LogP contribution in [0.1, 0.15) is 13.3 Å². The number of benzene rings is 1. The molecule has 0 aliphatic rings. The summed E-state index contributed by atoms with van der Waals surface area (Å²) in [5.74, 6) is -1.06. The standard InChI is InChI=1S/C14H15N3O3/c1-2-10(13(18)19)16-14(20)17-11-7-3-5-9-6-4-8-15-12(9)11/h3-8,10H,2H2,1H3,(H,18,19)(H2,16,17,20)/t10-/m1/s1. The van der Waals surface area contributed by atoms with Crippen LogP contribution < -0.4 is 10.6 Å². The number of carbonyl (C=O) groups is 2. The van der Waals surface area contributed by atoms with Gasteiger partial charge in [-0.1, -0.05) is 25.1 Å². The summed E-state index contributed by atoms with van der Waals surface area (Å²) in [4.78, 5) is 26.9. The van der Waals surface area contributed by atoms with Crippen molar-refractivity contribution in [1.82, 2.24) is 10.3 Å². The van der Waals surface area contributed by atoms with Crippen LogP contribution in [0.4, 0.5) is 10.5 Å². The highest BCUT2D eigenvalue weighted by atomic mass is 16.4. The zero-order valence-electron chi connectivity index (χ0n) is 11.0. The molecule has 0 bridgehead atoms. The minimum absolute atomic E-state index is 0.316. The Labute approximate surface area is 115 Å². The number of hydrogen-bond acceptors (Lipinski definition) is 3. The summed E-state index contributed by atoms with van der Waals surface area (Å²) in [5.41, 5.74) is 1.20. The van der Waals surface area contributed by atoms with Crippen LogP contribution in [0.25, 0.3) is 10.9 Å². The number of amides is 2. The Kier molecular flexibility index (Phi) is 4.14. The lowest BCUT2D eigenvalue weighted by molar-refractivity contribution is -0.139. The number of aliphatic carboxylic acids is 1. The molecule has 0 fully saturated rings. The number of rotatable bonds is 4. The van der Waals surface area contributed by atoms with E-state index in [1.54, 1.807) is 25.3 Å². The zero-order valence-corrected chi connectivity index (χ0v) is 11.0. The summed E-state index contributed by atoms with van der Waals surface area (Å²) >= 11 is 0. The number of carbonyl (C=O) groups excluding carboxylic acids is 1. The Hall–Kier alpha value is -2.63. The van der Waals surface area contributed by atoms with Gasteiger partial charge >= 0.3 is 12.0 Å². The van der Waals surface area contributed by atoms with Crippen LogP contribution in [0.5, 0.6) is 0 Å². The van der Waals surface area contributed by atoms with Crippen molar-refractivity contribution in [1.29, 1.82) is 0 Å². The third kappa shape index (κ3) is 3.03. The summed E-state index contributed by atoms with van der Waals surface area (Å²) in [7, 11) is 0. The van der Waals surface area contributed by atoms with Crippen LogP contribution in [0.2, 0.25) is 0 Å². The summed E-state index contributed by atoms with van der Waals surface area (Å²) in [6.07, 6.45) is 1.95. The van der Waals surface area contributed by atoms with Crippen molar-refractivity contribution in [3.63, 3.8) is 0 Å². The lowest BCUT2D eigenvalue weighted by atomic mass is 10.2. The molecule has 20 heavy (non-hydrogen) atoms. The van der Waals surface area contributed by atoms with Gasteiger partial charge in [0.2, 0.25) is 0 Å². The number of anilines is 1. The van der Waals surface area contributed by atoms with E-state index in [1.807, 2.05) is 18.2 Å². The first-order valence-electron chi connectivity index (χ1n) is 6.26. The predicted octanol–water partition coefficient (Wildman–Crippen LogP) is 2.22. The molecule has 0 aliphatic carbocycles. The van der Waals surface area contributed by atoms with E-state index in [-0.39, 0.29) is 0 Å². The molecule has 0 spiro atoms. The van der Waals surface area contributed by atoms with Crippen molar-refractivity contribution >= 4 is 28.6 Å². The van der Waals surface area contributed by atoms with Gasteiger partial charge in [0.15, 0.2) is 0 Å². The highest BCUT2D eigenvalue weighted by Gasteiger charge is 2.17. The predicted molar refractivity (Wildman–Crippen MR) is 75.6 cm³/mol. The number of para-hydroxylation sites is 1. The number of carboxylic acids is 1. The molecule has 104 valence electrons. The van der Waals surface area contributed by atoms with E-state index in [0.717, 1.165) is 5.39 Å². The number of pyridine rings is 1.